The molecule has 2 aliphatic carbocycles. The molecule has 1 spiro atoms. The Bertz CT molecular complexity index is 1440. The van der Waals surface area contributed by atoms with Crippen LogP contribution in [0, 0.1) is 23.2 Å². The summed E-state index contributed by atoms with van der Waals surface area (Å²) in [5.41, 5.74) is 0.767. The molecule has 2 aliphatic rings. The van der Waals surface area contributed by atoms with Crippen LogP contribution in [0.1, 0.15) is 36.8 Å². The first-order valence-corrected chi connectivity index (χ1v) is 14.1. The van der Waals surface area contributed by atoms with Crippen LogP contribution in [0.3, 0.4) is 0 Å². The number of phenolic OH excluding ortho intramolecular Hbond substituents is 1. The van der Waals surface area contributed by atoms with Crippen LogP contribution in [-0.4, -0.2) is 60.7 Å². The summed E-state index contributed by atoms with van der Waals surface area (Å²) in [5, 5.41) is 10.7. The third-order valence-corrected chi connectivity index (χ3v) is 9.25. The molecule has 1 fully saturated rings. The average molecular weight is 595 g/mol. The van der Waals surface area contributed by atoms with E-state index in [-0.39, 0.29) is 46.7 Å². The van der Waals surface area contributed by atoms with Crippen molar-refractivity contribution in [3.63, 3.8) is 0 Å². The molecular weight excluding hydrogens is 552 g/mol. The molecule has 6 unspecified atom stereocenters. The second-order valence-electron chi connectivity index (χ2n) is 10.9. The number of ketones is 1. The lowest BCUT2D eigenvalue weighted by Gasteiger charge is -2.57. The van der Waals surface area contributed by atoms with E-state index < -0.39 is 11.3 Å². The van der Waals surface area contributed by atoms with E-state index in [4.69, 9.17) is 33.2 Å². The second kappa shape index (κ2) is 12.5. The number of hydrogen-bond acceptors (Lipinski definition) is 9. The van der Waals surface area contributed by atoms with Gasteiger partial charge in [0.2, 0.25) is 5.78 Å². The maximum atomic E-state index is 13.1. The van der Waals surface area contributed by atoms with Crippen LogP contribution in [0.15, 0.2) is 60.6 Å². The van der Waals surface area contributed by atoms with Crippen LogP contribution < -0.4 is 23.7 Å². The van der Waals surface area contributed by atoms with Crippen molar-refractivity contribution in [3.05, 3.63) is 71.7 Å². The van der Waals surface area contributed by atoms with Gasteiger partial charge in [0.25, 0.3) is 0 Å². The molecule has 0 aromatic heterocycles. The topological polar surface area (TPSA) is 102 Å². The fraction of sp³-hybridized carbons (Fsp3) is 0.441. The molecule has 1 N–H and O–H groups in total. The Kier molecular flexibility index (Phi) is 9.23. The summed E-state index contributed by atoms with van der Waals surface area (Å²) in [7, 11) is 10.9. The van der Waals surface area contributed by atoms with Gasteiger partial charge in [0.15, 0.2) is 28.8 Å². The number of carbonyl (C=O) groups excluding carboxylic acids is 1. The SMILES string of the molecule is C=CC1C(C)C(c2cc(OC)c(OC)cc2OC)C(C)C(c2cc(OC)c(O)cc2OC)C12C=C(OC)C(=O)C=C2OC. The van der Waals surface area contributed by atoms with Gasteiger partial charge in [-0.2, -0.15) is 0 Å². The number of ether oxygens (including phenoxy) is 7. The van der Waals surface area contributed by atoms with Gasteiger partial charge in [-0.3, -0.25) is 4.79 Å². The van der Waals surface area contributed by atoms with E-state index >= 15 is 0 Å². The summed E-state index contributed by atoms with van der Waals surface area (Å²) in [5.74, 6) is 1.91. The Morgan fingerprint density at radius 1 is 0.721 bits per heavy atom. The molecule has 6 atom stereocenters. The first-order chi connectivity index (χ1) is 20.6. The minimum absolute atomic E-state index is 0.0538. The standard InChI is InChI=1S/C34H42O9/c1-11-22-18(2)32(20-12-28(40-7)29(41-8)16-26(20)38-5)19(3)33(21-13-27(39-6)23(35)14-25(21)37-4)34(22)17-30(42-9)24(36)15-31(34)43-10/h11-19,22,32-33,35H,1H2,2-10H3. The van der Waals surface area contributed by atoms with Crippen molar-refractivity contribution in [3.8, 4) is 34.5 Å². The lowest BCUT2D eigenvalue weighted by molar-refractivity contribution is -0.115. The molecule has 2 aromatic rings. The van der Waals surface area contributed by atoms with E-state index in [1.807, 2.05) is 24.3 Å². The summed E-state index contributed by atoms with van der Waals surface area (Å²) in [6.07, 6.45) is 5.29. The number of hydrogen-bond donors (Lipinski definition) is 1. The number of carbonyl (C=O) groups is 1. The molecule has 0 amide bonds. The molecule has 43 heavy (non-hydrogen) atoms. The molecule has 1 saturated carbocycles. The van der Waals surface area contributed by atoms with E-state index in [0.717, 1.165) is 11.1 Å². The van der Waals surface area contributed by atoms with Gasteiger partial charge in [-0.05, 0) is 41.9 Å². The van der Waals surface area contributed by atoms with Crippen LogP contribution in [0.4, 0.5) is 0 Å². The van der Waals surface area contributed by atoms with Crippen molar-refractivity contribution in [2.24, 2.45) is 23.2 Å². The molecule has 9 heteroatoms. The molecule has 0 heterocycles. The zero-order valence-electron chi connectivity index (χ0n) is 26.3. The number of methoxy groups -OCH3 is 7. The third kappa shape index (κ3) is 4.94. The zero-order chi connectivity index (χ0) is 31.6. The Hall–Kier alpha value is -4.27. The van der Waals surface area contributed by atoms with Crippen molar-refractivity contribution in [1.29, 1.82) is 0 Å². The second-order valence-corrected chi connectivity index (χ2v) is 10.9. The zero-order valence-corrected chi connectivity index (χ0v) is 26.3. The predicted molar refractivity (Wildman–Crippen MR) is 162 cm³/mol. The van der Waals surface area contributed by atoms with E-state index in [1.54, 1.807) is 47.7 Å². The van der Waals surface area contributed by atoms with Crippen LogP contribution in [-0.2, 0) is 14.3 Å². The number of benzene rings is 2. The summed E-state index contributed by atoms with van der Waals surface area (Å²) in [6, 6.07) is 7.14. The molecule has 232 valence electrons. The maximum absolute atomic E-state index is 13.1. The summed E-state index contributed by atoms with van der Waals surface area (Å²) < 4.78 is 40.3. The number of aromatic hydroxyl groups is 1. The fourth-order valence-corrected chi connectivity index (χ4v) is 7.54. The highest BCUT2D eigenvalue weighted by atomic mass is 16.5. The summed E-state index contributed by atoms with van der Waals surface area (Å²) in [6.45, 7) is 8.61. The lowest BCUT2D eigenvalue weighted by Crippen LogP contribution is -2.51. The Labute approximate surface area is 253 Å². The van der Waals surface area contributed by atoms with E-state index in [1.165, 1.54) is 20.3 Å². The molecule has 0 saturated heterocycles. The Morgan fingerprint density at radius 2 is 1.28 bits per heavy atom. The highest BCUT2D eigenvalue weighted by molar-refractivity contribution is 6.04. The predicted octanol–water partition coefficient (Wildman–Crippen LogP) is 6.02. The van der Waals surface area contributed by atoms with Crippen molar-refractivity contribution < 1.29 is 43.1 Å². The molecule has 0 bridgehead atoms. The van der Waals surface area contributed by atoms with Gasteiger partial charge in [0.05, 0.1) is 55.2 Å². The molecule has 9 nitrogen and oxygen atoms in total. The first kappa shape index (κ1) is 31.7. The van der Waals surface area contributed by atoms with Crippen LogP contribution in [0.2, 0.25) is 0 Å². The maximum Gasteiger partial charge on any atom is 0.223 e. The summed E-state index contributed by atoms with van der Waals surface area (Å²) in [4.78, 5) is 13.1. The van der Waals surface area contributed by atoms with Gasteiger partial charge >= 0.3 is 0 Å². The lowest BCUT2D eigenvalue weighted by atomic mass is 9.46. The molecule has 0 aliphatic heterocycles. The quantitative estimate of drug-likeness (QED) is 0.331. The average Bonchev–Trinajstić information content (AvgIpc) is 3.01. The van der Waals surface area contributed by atoms with E-state index in [9.17, 15) is 9.90 Å². The van der Waals surface area contributed by atoms with Crippen LogP contribution in [0.25, 0.3) is 0 Å². The largest absolute Gasteiger partial charge is 0.504 e. The minimum Gasteiger partial charge on any atom is -0.504 e. The van der Waals surface area contributed by atoms with Gasteiger partial charge in [-0.25, -0.2) is 0 Å². The van der Waals surface area contributed by atoms with Gasteiger partial charge < -0.3 is 38.3 Å². The number of allylic oxidation sites excluding steroid dienone is 3. The monoisotopic (exact) mass is 594 g/mol. The van der Waals surface area contributed by atoms with E-state index in [2.05, 4.69) is 20.4 Å². The number of rotatable bonds is 10. The van der Waals surface area contributed by atoms with Crippen molar-refractivity contribution in [2.45, 2.75) is 25.7 Å². The molecular formula is C34H42O9. The normalized spacial score (nSPS) is 26.6. The highest BCUT2D eigenvalue weighted by Gasteiger charge is 2.60. The molecule has 4 rings (SSSR count). The smallest absolute Gasteiger partial charge is 0.223 e. The van der Waals surface area contributed by atoms with Crippen molar-refractivity contribution in [2.75, 3.05) is 49.8 Å². The minimum atomic E-state index is -0.926. The van der Waals surface area contributed by atoms with Crippen LogP contribution >= 0.6 is 0 Å². The van der Waals surface area contributed by atoms with Gasteiger partial charge in [-0.15, -0.1) is 6.58 Å². The highest BCUT2D eigenvalue weighted by Crippen LogP contribution is 2.67. The Morgan fingerprint density at radius 3 is 1.81 bits per heavy atom. The number of phenols is 1. The van der Waals surface area contributed by atoms with Gasteiger partial charge in [0.1, 0.15) is 17.3 Å². The molecule has 0 radical (unpaired) electrons. The fourth-order valence-electron chi connectivity index (χ4n) is 7.54. The van der Waals surface area contributed by atoms with Crippen molar-refractivity contribution >= 4 is 5.78 Å². The first-order valence-electron chi connectivity index (χ1n) is 14.1. The van der Waals surface area contributed by atoms with Crippen LogP contribution in [0.5, 0.6) is 34.5 Å². The van der Waals surface area contributed by atoms with Crippen molar-refractivity contribution in [1.82, 2.24) is 0 Å². The summed E-state index contributed by atoms with van der Waals surface area (Å²) >= 11 is 0. The molecule has 2 aromatic carbocycles. The van der Waals surface area contributed by atoms with Gasteiger partial charge in [0, 0.05) is 35.3 Å². The third-order valence-electron chi connectivity index (χ3n) is 9.25. The van der Waals surface area contributed by atoms with Gasteiger partial charge in [-0.1, -0.05) is 19.9 Å². The Balaban J connectivity index is 2.13. The van der Waals surface area contributed by atoms with E-state index in [0.29, 0.717) is 28.8 Å².